The normalized spacial score (nSPS) is 14.6. The Morgan fingerprint density at radius 3 is 2.80 bits per heavy atom. The summed E-state index contributed by atoms with van der Waals surface area (Å²) in [7, 11) is -3.72. The maximum absolute atomic E-state index is 12.6. The van der Waals surface area contributed by atoms with Gasteiger partial charge in [-0.3, -0.25) is 4.72 Å². The Labute approximate surface area is 153 Å². The number of hydrogen-bond acceptors (Lipinski definition) is 6. The van der Waals surface area contributed by atoms with E-state index in [0.29, 0.717) is 38.8 Å². The number of thiophene rings is 1. The highest BCUT2D eigenvalue weighted by Gasteiger charge is 2.30. The van der Waals surface area contributed by atoms with Crippen LogP contribution < -0.4 is 4.72 Å². The van der Waals surface area contributed by atoms with E-state index in [-0.39, 0.29) is 4.21 Å². The van der Waals surface area contributed by atoms with Gasteiger partial charge in [-0.1, -0.05) is 17.7 Å². The van der Waals surface area contributed by atoms with E-state index in [1.807, 2.05) is 0 Å². The fourth-order valence-electron chi connectivity index (χ4n) is 2.32. The molecule has 0 spiro atoms. The third kappa shape index (κ3) is 3.29. The molecule has 0 atom stereocenters. The number of benzene rings is 1. The topological polar surface area (TPSA) is 85.1 Å². The van der Waals surface area contributed by atoms with Crippen molar-refractivity contribution in [1.29, 1.82) is 0 Å². The maximum atomic E-state index is 12.6. The molecule has 0 bridgehead atoms. The fraction of sp³-hybridized carbons (Fsp3) is 0.250. The Morgan fingerprint density at radius 1 is 1.24 bits per heavy atom. The zero-order valence-corrected chi connectivity index (χ0v) is 15.6. The van der Waals surface area contributed by atoms with Crippen molar-refractivity contribution in [2.24, 2.45) is 0 Å². The molecule has 1 fully saturated rings. The van der Waals surface area contributed by atoms with Crippen LogP contribution in [0.25, 0.3) is 10.8 Å². The minimum absolute atomic E-state index is 0.174. The summed E-state index contributed by atoms with van der Waals surface area (Å²) in [5.41, 5.74) is 1.13. The first-order valence-corrected chi connectivity index (χ1v) is 10.3. The standard InChI is InChI=1S/C16H14ClN3O3S2/c1-9-11(17)3-2-4-12(9)20-25(21,22)14-8-7-13(24-14)16-19-18-15(23-16)10-5-6-10/h2-4,7-8,10,20H,5-6H2,1H3. The minimum atomic E-state index is -3.72. The molecule has 6 nitrogen and oxygen atoms in total. The number of hydrogen-bond donors (Lipinski definition) is 1. The molecule has 4 rings (SSSR count). The van der Waals surface area contributed by atoms with Gasteiger partial charge in [-0.2, -0.15) is 0 Å². The molecule has 1 aliphatic rings. The molecule has 25 heavy (non-hydrogen) atoms. The van der Waals surface area contributed by atoms with Crippen molar-refractivity contribution in [1.82, 2.24) is 10.2 Å². The average molecular weight is 396 g/mol. The van der Waals surface area contributed by atoms with Crippen molar-refractivity contribution in [3.05, 3.63) is 46.8 Å². The Balaban J connectivity index is 1.60. The molecule has 130 valence electrons. The van der Waals surface area contributed by atoms with E-state index >= 15 is 0 Å². The van der Waals surface area contributed by atoms with Crippen LogP contribution in [0.15, 0.2) is 39.0 Å². The van der Waals surface area contributed by atoms with Gasteiger partial charge in [0.05, 0.1) is 10.6 Å². The average Bonchev–Trinajstić information content (AvgIpc) is 3.10. The van der Waals surface area contributed by atoms with Crippen LogP contribution in [-0.2, 0) is 10.0 Å². The summed E-state index contributed by atoms with van der Waals surface area (Å²) in [6.45, 7) is 1.76. The maximum Gasteiger partial charge on any atom is 0.271 e. The lowest BCUT2D eigenvalue weighted by atomic mass is 10.2. The molecule has 3 aromatic rings. The number of aromatic nitrogens is 2. The van der Waals surface area contributed by atoms with Gasteiger partial charge >= 0.3 is 0 Å². The first-order valence-electron chi connectivity index (χ1n) is 7.65. The molecular formula is C16H14ClN3O3S2. The van der Waals surface area contributed by atoms with Crippen molar-refractivity contribution in [2.75, 3.05) is 4.72 Å². The highest BCUT2D eigenvalue weighted by atomic mass is 35.5. The Hall–Kier alpha value is -1.90. The van der Waals surface area contributed by atoms with Crippen LogP contribution in [0.4, 0.5) is 5.69 Å². The second-order valence-corrected chi connectivity index (χ2v) is 9.26. The van der Waals surface area contributed by atoms with E-state index in [9.17, 15) is 8.42 Å². The molecule has 0 saturated heterocycles. The zero-order valence-electron chi connectivity index (χ0n) is 13.2. The van der Waals surface area contributed by atoms with Crippen LogP contribution in [-0.4, -0.2) is 18.6 Å². The molecule has 2 heterocycles. The molecule has 1 aliphatic carbocycles. The Bertz CT molecular complexity index is 1040. The molecule has 0 amide bonds. The number of sulfonamides is 1. The number of rotatable bonds is 5. The second kappa shape index (κ2) is 6.12. The predicted molar refractivity (Wildman–Crippen MR) is 96.6 cm³/mol. The van der Waals surface area contributed by atoms with Crippen molar-refractivity contribution < 1.29 is 12.8 Å². The monoisotopic (exact) mass is 395 g/mol. The van der Waals surface area contributed by atoms with Gasteiger partial charge in [0.1, 0.15) is 4.21 Å². The summed E-state index contributed by atoms with van der Waals surface area (Å²) in [6, 6.07) is 8.29. The first kappa shape index (κ1) is 16.6. The molecule has 0 aliphatic heterocycles. The van der Waals surface area contributed by atoms with Gasteiger partial charge in [0, 0.05) is 10.9 Å². The summed E-state index contributed by atoms with van der Waals surface area (Å²) in [5.74, 6) is 1.34. The van der Waals surface area contributed by atoms with Crippen molar-refractivity contribution in [3.63, 3.8) is 0 Å². The lowest BCUT2D eigenvalue weighted by Gasteiger charge is -2.10. The number of nitrogens with one attached hydrogen (secondary N) is 1. The second-order valence-electron chi connectivity index (χ2n) is 5.86. The third-order valence-corrected chi connectivity index (χ3v) is 7.28. The zero-order chi connectivity index (χ0) is 17.6. The van der Waals surface area contributed by atoms with Crippen LogP contribution in [0.2, 0.25) is 5.02 Å². The van der Waals surface area contributed by atoms with Crippen LogP contribution in [0.1, 0.15) is 30.2 Å². The Morgan fingerprint density at radius 2 is 2.04 bits per heavy atom. The van der Waals surface area contributed by atoms with Gasteiger partial charge in [-0.05, 0) is 49.6 Å². The predicted octanol–water partition coefficient (Wildman–Crippen LogP) is 4.44. The molecule has 9 heteroatoms. The highest BCUT2D eigenvalue weighted by molar-refractivity contribution is 7.94. The number of halogens is 1. The fourth-order valence-corrected chi connectivity index (χ4v) is 4.85. The molecule has 1 N–H and O–H groups in total. The van der Waals surface area contributed by atoms with E-state index in [1.54, 1.807) is 31.2 Å². The third-order valence-electron chi connectivity index (χ3n) is 3.94. The smallest absolute Gasteiger partial charge is 0.271 e. The van der Waals surface area contributed by atoms with E-state index in [2.05, 4.69) is 14.9 Å². The lowest BCUT2D eigenvalue weighted by molar-refractivity contribution is 0.509. The van der Waals surface area contributed by atoms with Crippen LogP contribution >= 0.6 is 22.9 Å². The number of anilines is 1. The molecule has 0 radical (unpaired) electrons. The van der Waals surface area contributed by atoms with E-state index in [1.165, 1.54) is 6.07 Å². The quantitative estimate of drug-likeness (QED) is 0.690. The van der Waals surface area contributed by atoms with Crippen molar-refractivity contribution in [2.45, 2.75) is 29.9 Å². The van der Waals surface area contributed by atoms with E-state index < -0.39 is 10.0 Å². The van der Waals surface area contributed by atoms with E-state index in [4.69, 9.17) is 16.0 Å². The SMILES string of the molecule is Cc1c(Cl)cccc1NS(=O)(=O)c1ccc(-c2nnc(C3CC3)o2)s1. The van der Waals surface area contributed by atoms with Crippen LogP contribution in [0.5, 0.6) is 0 Å². The lowest BCUT2D eigenvalue weighted by Crippen LogP contribution is -2.12. The van der Waals surface area contributed by atoms with Gasteiger partial charge in [0.2, 0.25) is 5.89 Å². The summed E-state index contributed by atoms with van der Waals surface area (Å²) >= 11 is 7.13. The van der Waals surface area contributed by atoms with Gasteiger partial charge in [-0.25, -0.2) is 8.42 Å². The van der Waals surface area contributed by atoms with Gasteiger partial charge in [0.25, 0.3) is 15.9 Å². The van der Waals surface area contributed by atoms with Gasteiger partial charge in [-0.15, -0.1) is 21.5 Å². The number of nitrogens with zero attached hydrogens (tertiary/aromatic N) is 2. The minimum Gasteiger partial charge on any atom is -0.420 e. The molecule has 2 aromatic heterocycles. The summed E-state index contributed by atoms with van der Waals surface area (Å²) in [4.78, 5) is 0.627. The van der Waals surface area contributed by atoms with Crippen LogP contribution in [0.3, 0.4) is 0 Å². The van der Waals surface area contributed by atoms with E-state index in [0.717, 1.165) is 24.2 Å². The summed E-state index contributed by atoms with van der Waals surface area (Å²) < 4.78 is 33.6. The highest BCUT2D eigenvalue weighted by Crippen LogP contribution is 2.40. The van der Waals surface area contributed by atoms with Crippen molar-refractivity contribution >= 4 is 38.6 Å². The van der Waals surface area contributed by atoms with Crippen LogP contribution in [0, 0.1) is 6.92 Å². The van der Waals surface area contributed by atoms with Gasteiger partial charge < -0.3 is 4.42 Å². The largest absolute Gasteiger partial charge is 0.420 e. The summed E-state index contributed by atoms with van der Waals surface area (Å²) in [5, 5.41) is 8.54. The molecule has 1 aromatic carbocycles. The molecule has 0 unspecified atom stereocenters. The summed E-state index contributed by atoms with van der Waals surface area (Å²) in [6.07, 6.45) is 2.13. The Kier molecular flexibility index (Phi) is 4.05. The van der Waals surface area contributed by atoms with Gasteiger partial charge in [0.15, 0.2) is 0 Å². The van der Waals surface area contributed by atoms with Crippen molar-refractivity contribution in [3.8, 4) is 10.8 Å². The first-order chi connectivity index (χ1) is 11.9. The molecule has 1 saturated carbocycles. The molecular weight excluding hydrogens is 382 g/mol.